The van der Waals surface area contributed by atoms with Gasteiger partial charge in [-0.2, -0.15) is 0 Å². The van der Waals surface area contributed by atoms with E-state index in [0.717, 1.165) is 11.3 Å². The molecule has 1 fully saturated rings. The second kappa shape index (κ2) is 8.26. The molecule has 1 aliphatic rings. The van der Waals surface area contributed by atoms with Gasteiger partial charge in [0.05, 0.1) is 12.0 Å². The first-order valence-electron chi connectivity index (χ1n) is 10.0. The Kier molecular flexibility index (Phi) is 7.13. The van der Waals surface area contributed by atoms with Crippen molar-refractivity contribution in [2.45, 2.75) is 92.2 Å². The number of ether oxygens (including phenoxy) is 2. The van der Waals surface area contributed by atoms with Crippen LogP contribution < -0.4 is 0 Å². The van der Waals surface area contributed by atoms with Gasteiger partial charge >= 0.3 is 12.1 Å². The summed E-state index contributed by atoms with van der Waals surface area (Å²) in [6.45, 7) is 18.5. The summed E-state index contributed by atoms with van der Waals surface area (Å²) in [5.41, 5.74) is -3.91. The van der Waals surface area contributed by atoms with E-state index in [1.165, 1.54) is 0 Å². The van der Waals surface area contributed by atoms with Crippen molar-refractivity contribution < 1.29 is 23.9 Å². The summed E-state index contributed by atoms with van der Waals surface area (Å²) < 4.78 is 11.1. The molecule has 0 aliphatic carbocycles. The van der Waals surface area contributed by atoms with Crippen LogP contribution in [-0.4, -0.2) is 40.6 Å². The summed E-state index contributed by atoms with van der Waals surface area (Å²) in [6, 6.07) is 0. The van der Waals surface area contributed by atoms with E-state index in [1.54, 1.807) is 33.8 Å². The van der Waals surface area contributed by atoms with E-state index in [1.807, 2.05) is 27.7 Å². The highest BCUT2D eigenvalue weighted by Crippen LogP contribution is 2.54. The van der Waals surface area contributed by atoms with Crippen molar-refractivity contribution in [1.29, 1.82) is 0 Å². The Hall–Kier alpha value is -1.85. The Morgan fingerprint density at radius 2 is 1.79 bits per heavy atom. The molecule has 1 unspecified atom stereocenters. The van der Waals surface area contributed by atoms with Crippen molar-refractivity contribution >= 4 is 18.0 Å². The van der Waals surface area contributed by atoms with Gasteiger partial charge in [0.25, 0.3) is 0 Å². The summed E-state index contributed by atoms with van der Waals surface area (Å²) >= 11 is 0. The number of imide groups is 1. The van der Waals surface area contributed by atoms with E-state index in [4.69, 9.17) is 9.47 Å². The predicted octanol–water partition coefficient (Wildman–Crippen LogP) is 4.86. The molecule has 2 amide bonds. The minimum Gasteiger partial charge on any atom is -0.458 e. The third kappa shape index (κ3) is 4.58. The van der Waals surface area contributed by atoms with Gasteiger partial charge in [0, 0.05) is 0 Å². The fourth-order valence-electron chi connectivity index (χ4n) is 3.68. The Morgan fingerprint density at radius 1 is 1.21 bits per heavy atom. The van der Waals surface area contributed by atoms with Gasteiger partial charge in [-0.1, -0.05) is 47.1 Å². The van der Waals surface area contributed by atoms with Crippen molar-refractivity contribution in [3.05, 3.63) is 12.7 Å². The van der Waals surface area contributed by atoms with Gasteiger partial charge in [-0.15, -0.1) is 6.58 Å². The molecule has 1 rings (SSSR count). The first kappa shape index (κ1) is 24.2. The average Bonchev–Trinajstić information content (AvgIpc) is 2.75. The molecule has 2 atom stereocenters. The fraction of sp³-hybridized carbons (Fsp3) is 0.773. The molecule has 0 N–H and O–H groups in total. The van der Waals surface area contributed by atoms with E-state index in [2.05, 4.69) is 6.58 Å². The molecule has 0 saturated carbocycles. The van der Waals surface area contributed by atoms with Crippen LogP contribution in [0, 0.1) is 10.8 Å². The van der Waals surface area contributed by atoms with Crippen LogP contribution in [0.25, 0.3) is 0 Å². The van der Waals surface area contributed by atoms with E-state index >= 15 is 0 Å². The number of hydrogen-bond donors (Lipinski definition) is 0. The first-order chi connectivity index (χ1) is 12.7. The van der Waals surface area contributed by atoms with E-state index in [9.17, 15) is 14.4 Å². The lowest BCUT2D eigenvalue weighted by Gasteiger charge is -2.45. The maximum atomic E-state index is 13.5. The molecule has 0 aromatic carbocycles. The van der Waals surface area contributed by atoms with E-state index < -0.39 is 39.9 Å². The molecule has 0 spiro atoms. The highest BCUT2D eigenvalue weighted by atomic mass is 16.6. The van der Waals surface area contributed by atoms with Crippen LogP contribution in [0.15, 0.2) is 12.7 Å². The Balaban J connectivity index is 3.56. The fourth-order valence-corrected chi connectivity index (χ4v) is 3.68. The first-order valence-corrected chi connectivity index (χ1v) is 10.0. The molecule has 0 bridgehead atoms. The number of unbranched alkanes of at least 4 members (excludes halogenated alkanes) is 1. The van der Waals surface area contributed by atoms with Gasteiger partial charge in [0.2, 0.25) is 5.91 Å². The molecule has 160 valence electrons. The lowest BCUT2D eigenvalue weighted by molar-refractivity contribution is -0.176. The molecule has 28 heavy (non-hydrogen) atoms. The molecular weight excluding hydrogens is 358 g/mol. The van der Waals surface area contributed by atoms with Crippen LogP contribution in [0.4, 0.5) is 4.79 Å². The minimum atomic E-state index is -1.46. The second-order valence-corrected chi connectivity index (χ2v) is 9.95. The van der Waals surface area contributed by atoms with E-state index in [-0.39, 0.29) is 13.0 Å². The standard InChI is InChI=1S/C22H37NO5/c1-10-12-14-27-18(26)23-16(24)21(9,13-11-2)15-22(23,19(3,4)5)17(25)28-20(6,7)8/h11H,2,10,12-15H2,1,3-9H3/t21?,22-/m0/s1. The zero-order valence-electron chi connectivity index (χ0n) is 18.8. The van der Waals surface area contributed by atoms with Crippen molar-refractivity contribution in [2.75, 3.05) is 6.61 Å². The third-order valence-corrected chi connectivity index (χ3v) is 5.23. The van der Waals surface area contributed by atoms with Gasteiger partial charge in [-0.05, 0) is 45.4 Å². The molecule has 0 aromatic rings. The topological polar surface area (TPSA) is 72.9 Å². The van der Waals surface area contributed by atoms with Crippen LogP contribution in [0.3, 0.4) is 0 Å². The molecule has 1 heterocycles. The number of allylic oxidation sites excluding steroid dienone is 1. The number of hydrogen-bond acceptors (Lipinski definition) is 5. The summed E-state index contributed by atoms with van der Waals surface area (Å²) in [7, 11) is 0. The van der Waals surface area contributed by atoms with Crippen LogP contribution in [0.5, 0.6) is 0 Å². The quantitative estimate of drug-likeness (QED) is 0.365. The van der Waals surface area contributed by atoms with Crippen LogP contribution >= 0.6 is 0 Å². The molecule has 6 heteroatoms. The molecule has 0 aromatic heterocycles. The summed E-state index contributed by atoms with van der Waals surface area (Å²) in [6.07, 6.45) is 2.91. The zero-order chi connectivity index (χ0) is 22.0. The summed E-state index contributed by atoms with van der Waals surface area (Å²) in [5, 5.41) is 0. The minimum absolute atomic E-state index is 0.159. The predicted molar refractivity (Wildman–Crippen MR) is 109 cm³/mol. The lowest BCUT2D eigenvalue weighted by atomic mass is 9.67. The monoisotopic (exact) mass is 395 g/mol. The summed E-state index contributed by atoms with van der Waals surface area (Å²) in [4.78, 5) is 40.9. The normalized spacial score (nSPS) is 25.6. The molecular formula is C22H37NO5. The van der Waals surface area contributed by atoms with Gasteiger partial charge in [0.1, 0.15) is 5.60 Å². The Morgan fingerprint density at radius 3 is 2.21 bits per heavy atom. The number of amides is 2. The van der Waals surface area contributed by atoms with Gasteiger partial charge in [-0.3, -0.25) is 4.79 Å². The molecule has 6 nitrogen and oxygen atoms in total. The number of nitrogens with zero attached hydrogens (tertiary/aromatic N) is 1. The van der Waals surface area contributed by atoms with Crippen LogP contribution in [0.1, 0.15) is 81.1 Å². The highest BCUT2D eigenvalue weighted by Gasteiger charge is 2.69. The number of rotatable bonds is 6. The van der Waals surface area contributed by atoms with Gasteiger partial charge in [0.15, 0.2) is 5.54 Å². The van der Waals surface area contributed by atoms with Crippen molar-refractivity contribution in [2.24, 2.45) is 10.8 Å². The second-order valence-electron chi connectivity index (χ2n) is 9.95. The van der Waals surface area contributed by atoms with Crippen molar-refractivity contribution in [1.82, 2.24) is 4.90 Å². The summed E-state index contributed by atoms with van der Waals surface area (Å²) in [5.74, 6) is -1.00. The maximum absolute atomic E-state index is 13.5. The number of carbonyl (C=O) groups excluding carboxylic acids is 3. The zero-order valence-corrected chi connectivity index (χ0v) is 18.8. The molecule has 1 aliphatic heterocycles. The van der Waals surface area contributed by atoms with Crippen LogP contribution in [0.2, 0.25) is 0 Å². The van der Waals surface area contributed by atoms with Crippen molar-refractivity contribution in [3.8, 4) is 0 Å². The number of likely N-dealkylation sites (tertiary alicyclic amines) is 1. The van der Waals surface area contributed by atoms with Gasteiger partial charge in [-0.25, -0.2) is 14.5 Å². The van der Waals surface area contributed by atoms with Gasteiger partial charge < -0.3 is 9.47 Å². The third-order valence-electron chi connectivity index (χ3n) is 5.23. The van der Waals surface area contributed by atoms with Crippen LogP contribution in [-0.2, 0) is 19.1 Å². The molecule has 1 saturated heterocycles. The lowest BCUT2D eigenvalue weighted by Crippen LogP contribution is -2.63. The maximum Gasteiger partial charge on any atom is 0.417 e. The van der Waals surface area contributed by atoms with Crippen molar-refractivity contribution in [3.63, 3.8) is 0 Å². The number of esters is 1. The van der Waals surface area contributed by atoms with E-state index in [0.29, 0.717) is 12.8 Å². The highest BCUT2D eigenvalue weighted by molar-refractivity contribution is 6.05. The largest absolute Gasteiger partial charge is 0.458 e. The average molecular weight is 396 g/mol. The number of carbonyl (C=O) groups is 3. The Labute approximate surface area is 169 Å². The SMILES string of the molecule is C=CCC1(C)C[C@](C(=O)OC(C)(C)C)(C(C)(C)C)N(C(=O)OCCCC)C1=O. The molecule has 0 radical (unpaired) electrons. The Bertz CT molecular complexity index is 628. The smallest absolute Gasteiger partial charge is 0.417 e.